The van der Waals surface area contributed by atoms with Gasteiger partial charge in [0.25, 0.3) is 0 Å². The average Bonchev–Trinajstić information content (AvgIpc) is 2.59. The molecule has 3 atom stereocenters. The van der Waals surface area contributed by atoms with Gasteiger partial charge in [-0.1, -0.05) is 24.6 Å². The fourth-order valence-electron chi connectivity index (χ4n) is 3.13. The minimum absolute atomic E-state index is 0.0852. The van der Waals surface area contributed by atoms with E-state index in [0.717, 1.165) is 11.1 Å². The van der Waals surface area contributed by atoms with E-state index in [9.17, 15) is 14.2 Å². The molecule has 0 aliphatic heterocycles. The van der Waals surface area contributed by atoms with E-state index in [-0.39, 0.29) is 24.9 Å². The van der Waals surface area contributed by atoms with Crippen LogP contribution >= 0.6 is 7.60 Å². The molecular weight excluding hydrogens is 355 g/mol. The van der Waals surface area contributed by atoms with Crippen LogP contribution in [0.25, 0.3) is 0 Å². The molecule has 0 amide bonds. The zero-order valence-electron chi connectivity index (χ0n) is 16.0. The Kier molecular flexibility index (Phi) is 6.78. The van der Waals surface area contributed by atoms with Gasteiger partial charge in [0.1, 0.15) is 0 Å². The van der Waals surface area contributed by atoms with Crippen molar-refractivity contribution in [3.8, 4) is 0 Å². The highest BCUT2D eigenvalue weighted by atomic mass is 31.2. The van der Waals surface area contributed by atoms with Crippen LogP contribution in [-0.2, 0) is 23.1 Å². The van der Waals surface area contributed by atoms with Crippen molar-refractivity contribution in [2.75, 3.05) is 13.2 Å². The minimum Gasteiger partial charge on any atom is -0.453 e. The van der Waals surface area contributed by atoms with Crippen LogP contribution in [0, 0.1) is 6.92 Å². The van der Waals surface area contributed by atoms with Gasteiger partial charge in [0.05, 0.1) is 13.2 Å². The SMILES string of the molecule is CCOP(=O)(OCC)C(C)C(=O)OC1CC(C)c2ccc(C)cc2C1=O. The molecule has 1 aliphatic carbocycles. The lowest BCUT2D eigenvalue weighted by atomic mass is 9.81. The number of fused-ring (bicyclic) bond motifs is 1. The molecule has 0 heterocycles. The third-order valence-electron chi connectivity index (χ3n) is 4.56. The lowest BCUT2D eigenvalue weighted by molar-refractivity contribution is -0.147. The van der Waals surface area contributed by atoms with Crippen molar-refractivity contribution < 1.29 is 27.9 Å². The molecule has 3 unspecified atom stereocenters. The second-order valence-corrected chi connectivity index (χ2v) is 8.94. The normalized spacial score (nSPS) is 21.2. The number of Topliss-reactive ketones (excluding diaryl/α,β-unsaturated/α-hetero) is 1. The molecule has 2 rings (SSSR count). The van der Waals surface area contributed by atoms with Gasteiger partial charge >= 0.3 is 13.6 Å². The van der Waals surface area contributed by atoms with Gasteiger partial charge in [-0.25, -0.2) is 0 Å². The summed E-state index contributed by atoms with van der Waals surface area (Å²) in [7, 11) is -3.63. The zero-order valence-corrected chi connectivity index (χ0v) is 16.9. The van der Waals surface area contributed by atoms with Gasteiger partial charge in [0.2, 0.25) is 5.78 Å². The van der Waals surface area contributed by atoms with Crippen LogP contribution < -0.4 is 0 Å². The van der Waals surface area contributed by atoms with E-state index in [1.807, 2.05) is 32.0 Å². The van der Waals surface area contributed by atoms with E-state index in [1.54, 1.807) is 13.8 Å². The Morgan fingerprint density at radius 3 is 2.46 bits per heavy atom. The molecule has 0 fully saturated rings. The Bertz CT molecular complexity index is 719. The first-order valence-electron chi connectivity index (χ1n) is 8.97. The van der Waals surface area contributed by atoms with E-state index in [4.69, 9.17) is 13.8 Å². The van der Waals surface area contributed by atoms with Gasteiger partial charge in [-0.05, 0) is 51.7 Å². The van der Waals surface area contributed by atoms with Gasteiger partial charge in [-0.3, -0.25) is 14.2 Å². The highest BCUT2D eigenvalue weighted by molar-refractivity contribution is 7.55. The maximum absolute atomic E-state index is 12.8. The lowest BCUT2D eigenvalue weighted by Gasteiger charge is -2.30. The number of benzene rings is 1. The first-order valence-corrected chi connectivity index (χ1v) is 10.6. The molecule has 0 N–H and O–H groups in total. The summed E-state index contributed by atoms with van der Waals surface area (Å²) in [6.45, 7) is 9.02. The van der Waals surface area contributed by atoms with Crippen molar-refractivity contribution in [1.29, 1.82) is 0 Å². The number of esters is 1. The zero-order chi connectivity index (χ0) is 19.5. The van der Waals surface area contributed by atoms with E-state index in [1.165, 1.54) is 6.92 Å². The topological polar surface area (TPSA) is 78.9 Å². The van der Waals surface area contributed by atoms with Crippen LogP contribution in [0.1, 0.15) is 61.5 Å². The summed E-state index contributed by atoms with van der Waals surface area (Å²) in [6, 6.07) is 5.74. The Labute approximate surface area is 154 Å². The summed E-state index contributed by atoms with van der Waals surface area (Å²) in [5.41, 5.74) is 1.44. The standard InChI is InChI=1S/C19H27O6P/c1-6-23-26(22,24-7-2)14(5)19(21)25-17-11-13(4)15-9-8-12(3)10-16(15)18(17)20/h8-10,13-14,17H,6-7,11H2,1-5H3. The Hall–Kier alpha value is -1.49. The number of carbonyl (C=O) groups excluding carboxylic acids is 2. The van der Waals surface area contributed by atoms with Crippen molar-refractivity contribution in [1.82, 2.24) is 0 Å². The van der Waals surface area contributed by atoms with Crippen molar-refractivity contribution in [2.24, 2.45) is 0 Å². The second-order valence-electron chi connectivity index (χ2n) is 6.57. The predicted molar refractivity (Wildman–Crippen MR) is 98.7 cm³/mol. The van der Waals surface area contributed by atoms with Crippen molar-refractivity contribution in [3.05, 3.63) is 34.9 Å². The number of hydrogen-bond acceptors (Lipinski definition) is 6. The molecule has 26 heavy (non-hydrogen) atoms. The first kappa shape index (κ1) is 20.8. The lowest BCUT2D eigenvalue weighted by Crippen LogP contribution is -2.36. The van der Waals surface area contributed by atoms with E-state index < -0.39 is 25.3 Å². The van der Waals surface area contributed by atoms with Crippen molar-refractivity contribution in [3.63, 3.8) is 0 Å². The molecule has 7 heteroatoms. The molecule has 0 spiro atoms. The maximum Gasteiger partial charge on any atom is 0.344 e. The van der Waals surface area contributed by atoms with Gasteiger partial charge in [-0.2, -0.15) is 0 Å². The van der Waals surface area contributed by atoms with Gasteiger partial charge < -0.3 is 13.8 Å². The van der Waals surface area contributed by atoms with Crippen LogP contribution in [0.15, 0.2) is 18.2 Å². The van der Waals surface area contributed by atoms with E-state index in [0.29, 0.717) is 12.0 Å². The molecule has 0 saturated heterocycles. The number of aryl methyl sites for hydroxylation is 1. The highest BCUT2D eigenvalue weighted by Gasteiger charge is 2.41. The molecule has 1 aliphatic rings. The van der Waals surface area contributed by atoms with Crippen LogP contribution in [0.2, 0.25) is 0 Å². The fraction of sp³-hybridized carbons (Fsp3) is 0.579. The molecule has 6 nitrogen and oxygen atoms in total. The highest BCUT2D eigenvalue weighted by Crippen LogP contribution is 2.53. The van der Waals surface area contributed by atoms with Crippen LogP contribution in [0.3, 0.4) is 0 Å². The summed E-state index contributed by atoms with van der Waals surface area (Å²) in [4.78, 5) is 25.3. The van der Waals surface area contributed by atoms with Crippen LogP contribution in [0.4, 0.5) is 0 Å². The Morgan fingerprint density at radius 1 is 1.27 bits per heavy atom. The maximum atomic E-state index is 12.8. The molecule has 0 saturated carbocycles. The van der Waals surface area contributed by atoms with Gasteiger partial charge in [-0.15, -0.1) is 0 Å². The summed E-state index contributed by atoms with van der Waals surface area (Å²) < 4.78 is 28.6. The van der Waals surface area contributed by atoms with Crippen molar-refractivity contribution >= 4 is 19.3 Å². The molecule has 1 aromatic carbocycles. The fourth-order valence-corrected chi connectivity index (χ4v) is 4.69. The van der Waals surface area contributed by atoms with Gasteiger partial charge in [0, 0.05) is 5.56 Å². The summed E-state index contributed by atoms with van der Waals surface area (Å²) in [5.74, 6) is -0.871. The smallest absolute Gasteiger partial charge is 0.344 e. The third-order valence-corrected chi connectivity index (χ3v) is 6.95. The number of ether oxygens (including phenoxy) is 1. The Morgan fingerprint density at radius 2 is 1.88 bits per heavy atom. The first-order chi connectivity index (χ1) is 12.2. The molecular formula is C19H27O6P. The van der Waals surface area contributed by atoms with Crippen LogP contribution in [0.5, 0.6) is 0 Å². The predicted octanol–water partition coefficient (Wildman–Crippen LogP) is 4.25. The van der Waals surface area contributed by atoms with Crippen LogP contribution in [-0.4, -0.2) is 36.7 Å². The Balaban J connectivity index is 2.19. The molecule has 0 radical (unpaired) electrons. The molecule has 0 aromatic heterocycles. The number of ketones is 1. The van der Waals surface area contributed by atoms with E-state index >= 15 is 0 Å². The summed E-state index contributed by atoms with van der Waals surface area (Å²) in [6.07, 6.45) is -0.480. The monoisotopic (exact) mass is 382 g/mol. The molecule has 0 bridgehead atoms. The largest absolute Gasteiger partial charge is 0.453 e. The van der Waals surface area contributed by atoms with Gasteiger partial charge in [0.15, 0.2) is 11.8 Å². The van der Waals surface area contributed by atoms with Crippen molar-refractivity contribution in [2.45, 2.75) is 58.7 Å². The number of hydrogen-bond donors (Lipinski definition) is 0. The van der Waals surface area contributed by atoms with E-state index in [2.05, 4.69) is 0 Å². The summed E-state index contributed by atoms with van der Waals surface area (Å²) in [5, 5.41) is 0. The molecule has 1 aromatic rings. The quantitative estimate of drug-likeness (QED) is 0.518. The second kappa shape index (κ2) is 8.47. The average molecular weight is 382 g/mol. The minimum atomic E-state index is -3.63. The number of rotatable bonds is 7. The third kappa shape index (κ3) is 4.25. The number of carbonyl (C=O) groups is 2. The molecule has 144 valence electrons. The summed E-state index contributed by atoms with van der Waals surface area (Å²) >= 11 is 0.